The van der Waals surface area contributed by atoms with Crippen molar-refractivity contribution in [3.05, 3.63) is 35.3 Å². The molecule has 3 N–H and O–H groups in total. The average molecular weight is 358 g/mol. The predicted molar refractivity (Wildman–Crippen MR) is 101 cm³/mol. The molecular formula is C20H27FN4O. The normalized spacial score (nSPS) is 24.7. The molecule has 2 heterocycles. The van der Waals surface area contributed by atoms with Crippen LogP contribution in [-0.2, 0) is 0 Å². The molecule has 1 aromatic heterocycles. The summed E-state index contributed by atoms with van der Waals surface area (Å²) in [7, 11) is 0. The lowest BCUT2D eigenvalue weighted by molar-refractivity contribution is 0.0890. The van der Waals surface area contributed by atoms with Gasteiger partial charge in [-0.2, -0.15) is 0 Å². The predicted octanol–water partition coefficient (Wildman–Crippen LogP) is 2.56. The molecular weight excluding hydrogens is 331 g/mol. The van der Waals surface area contributed by atoms with Crippen LogP contribution in [0.5, 0.6) is 0 Å². The van der Waals surface area contributed by atoms with E-state index in [4.69, 9.17) is 0 Å². The molecule has 1 aliphatic carbocycles. The Kier molecular flexibility index (Phi) is 4.96. The molecule has 6 heteroatoms. The number of rotatable bonds is 3. The molecule has 0 bridgehead atoms. The highest BCUT2D eigenvalue weighted by Gasteiger charge is 2.27. The Balaban J connectivity index is 1.36. The number of H-pyrrole nitrogens is 1. The molecule has 1 aliphatic heterocycles. The summed E-state index contributed by atoms with van der Waals surface area (Å²) in [6, 6.07) is 5.84. The molecule has 0 radical (unpaired) electrons. The smallest absolute Gasteiger partial charge is 0.267 e. The second-order valence-electron chi connectivity index (χ2n) is 7.66. The number of hydrogen-bond donors (Lipinski definition) is 3. The molecule has 0 atom stereocenters. The zero-order valence-electron chi connectivity index (χ0n) is 15.3. The lowest BCUT2D eigenvalue weighted by Gasteiger charge is -2.39. The van der Waals surface area contributed by atoms with Crippen molar-refractivity contribution in [3.8, 4) is 0 Å². The molecule has 2 fully saturated rings. The summed E-state index contributed by atoms with van der Waals surface area (Å²) in [5, 5.41) is 7.00. The van der Waals surface area contributed by atoms with E-state index in [0.29, 0.717) is 22.6 Å². The second kappa shape index (κ2) is 7.37. The summed E-state index contributed by atoms with van der Waals surface area (Å²) in [5.74, 6) is -0.421. The number of amides is 1. The summed E-state index contributed by atoms with van der Waals surface area (Å²) in [4.78, 5) is 18.2. The minimum atomic E-state index is -0.285. The molecule has 26 heavy (non-hydrogen) atoms. The fraction of sp³-hybridized carbons (Fsp3) is 0.550. The van der Waals surface area contributed by atoms with Gasteiger partial charge in [0.2, 0.25) is 0 Å². The number of fused-ring (bicyclic) bond motifs is 1. The zero-order chi connectivity index (χ0) is 18.1. The van der Waals surface area contributed by atoms with Crippen molar-refractivity contribution < 1.29 is 9.18 Å². The summed E-state index contributed by atoms with van der Waals surface area (Å²) in [6.45, 7) is 6.25. The second-order valence-corrected chi connectivity index (χ2v) is 7.66. The number of nitrogens with one attached hydrogen (secondary N) is 3. The first-order chi connectivity index (χ1) is 12.6. The Hall–Kier alpha value is -1.92. The molecule has 1 saturated heterocycles. The number of benzene rings is 1. The number of aromatic amines is 1. The fourth-order valence-corrected chi connectivity index (χ4v) is 4.35. The third-order valence-corrected chi connectivity index (χ3v) is 5.78. The minimum Gasteiger partial charge on any atom is -0.350 e. The average Bonchev–Trinajstić information content (AvgIpc) is 3.08. The Morgan fingerprint density at radius 2 is 1.88 bits per heavy atom. The van der Waals surface area contributed by atoms with Crippen LogP contribution in [0.1, 0.15) is 41.7 Å². The Morgan fingerprint density at radius 1 is 1.15 bits per heavy atom. The van der Waals surface area contributed by atoms with Gasteiger partial charge < -0.3 is 15.6 Å². The summed E-state index contributed by atoms with van der Waals surface area (Å²) < 4.78 is 14.0. The van der Waals surface area contributed by atoms with Crippen molar-refractivity contribution in [2.75, 3.05) is 26.2 Å². The van der Waals surface area contributed by atoms with Crippen molar-refractivity contribution in [2.45, 2.75) is 44.7 Å². The Morgan fingerprint density at radius 3 is 2.62 bits per heavy atom. The highest BCUT2D eigenvalue weighted by atomic mass is 19.1. The number of hydrogen-bond acceptors (Lipinski definition) is 3. The van der Waals surface area contributed by atoms with E-state index >= 15 is 0 Å². The third kappa shape index (κ3) is 3.62. The van der Waals surface area contributed by atoms with E-state index in [2.05, 4.69) is 20.5 Å². The molecule has 1 aromatic carbocycles. The molecule has 2 aliphatic rings. The van der Waals surface area contributed by atoms with Crippen LogP contribution in [-0.4, -0.2) is 54.1 Å². The van der Waals surface area contributed by atoms with Gasteiger partial charge in [0, 0.05) is 49.2 Å². The lowest BCUT2D eigenvalue weighted by atomic mass is 9.89. The van der Waals surface area contributed by atoms with Gasteiger partial charge in [0.05, 0.1) is 0 Å². The van der Waals surface area contributed by atoms with Crippen LogP contribution in [0.4, 0.5) is 4.39 Å². The van der Waals surface area contributed by atoms with Crippen molar-refractivity contribution >= 4 is 16.8 Å². The number of carbonyl (C=O) groups excluding carboxylic acids is 1. The molecule has 4 rings (SSSR count). The van der Waals surface area contributed by atoms with Crippen molar-refractivity contribution in [1.29, 1.82) is 0 Å². The van der Waals surface area contributed by atoms with Crippen LogP contribution in [0.25, 0.3) is 10.9 Å². The fourth-order valence-electron chi connectivity index (χ4n) is 4.35. The highest BCUT2D eigenvalue weighted by Crippen LogP contribution is 2.25. The van der Waals surface area contributed by atoms with Crippen LogP contribution >= 0.6 is 0 Å². The van der Waals surface area contributed by atoms with Gasteiger partial charge in [-0.05, 0) is 56.4 Å². The van der Waals surface area contributed by atoms with Gasteiger partial charge in [-0.3, -0.25) is 9.69 Å². The number of nitrogens with zero attached hydrogens (tertiary/aromatic N) is 1. The minimum absolute atomic E-state index is 0.135. The standard InChI is InChI=1S/C20H27FN4O/c1-13-10-17(21)16-12-19(24-18(16)11-13)20(26)23-14-2-4-15(5-3-14)25-8-6-22-7-9-25/h10-12,14-15,22,24H,2-9H2,1H3,(H,23,26). The quantitative estimate of drug-likeness (QED) is 0.790. The van der Waals surface area contributed by atoms with E-state index in [0.717, 1.165) is 57.4 Å². The van der Waals surface area contributed by atoms with Gasteiger partial charge >= 0.3 is 0 Å². The van der Waals surface area contributed by atoms with E-state index in [1.165, 1.54) is 6.07 Å². The van der Waals surface area contributed by atoms with Crippen LogP contribution in [0.15, 0.2) is 18.2 Å². The summed E-state index contributed by atoms with van der Waals surface area (Å²) in [6.07, 6.45) is 4.28. The van der Waals surface area contributed by atoms with Crippen molar-refractivity contribution in [3.63, 3.8) is 0 Å². The molecule has 2 aromatic rings. The number of aryl methyl sites for hydroxylation is 1. The maximum absolute atomic E-state index is 14.0. The zero-order valence-corrected chi connectivity index (χ0v) is 15.3. The monoisotopic (exact) mass is 358 g/mol. The van der Waals surface area contributed by atoms with Gasteiger partial charge in [-0.15, -0.1) is 0 Å². The van der Waals surface area contributed by atoms with Crippen LogP contribution in [0, 0.1) is 12.7 Å². The lowest BCUT2D eigenvalue weighted by Crippen LogP contribution is -2.50. The number of halogens is 1. The number of aromatic nitrogens is 1. The third-order valence-electron chi connectivity index (χ3n) is 5.78. The van der Waals surface area contributed by atoms with Crippen molar-refractivity contribution in [1.82, 2.24) is 20.5 Å². The first kappa shape index (κ1) is 17.5. The van der Waals surface area contributed by atoms with Crippen molar-refractivity contribution in [2.24, 2.45) is 0 Å². The van der Waals surface area contributed by atoms with Gasteiger partial charge in [0.15, 0.2) is 0 Å². The number of carbonyl (C=O) groups is 1. The van der Waals surface area contributed by atoms with E-state index in [1.807, 2.05) is 13.0 Å². The molecule has 1 amide bonds. The van der Waals surface area contributed by atoms with Crippen LogP contribution in [0.2, 0.25) is 0 Å². The van der Waals surface area contributed by atoms with E-state index < -0.39 is 0 Å². The van der Waals surface area contributed by atoms with Gasteiger partial charge in [-0.1, -0.05) is 0 Å². The number of piperazine rings is 1. The molecule has 0 spiro atoms. The Labute approximate surface area is 153 Å². The molecule has 140 valence electrons. The van der Waals surface area contributed by atoms with E-state index in [-0.39, 0.29) is 17.8 Å². The Bertz CT molecular complexity index is 788. The largest absolute Gasteiger partial charge is 0.350 e. The molecule has 0 unspecified atom stereocenters. The topological polar surface area (TPSA) is 60.2 Å². The SMILES string of the molecule is Cc1cc(F)c2cc(C(=O)NC3CCC(N4CCNCC4)CC3)[nH]c2c1. The first-order valence-electron chi connectivity index (χ1n) is 9.64. The van der Waals surface area contributed by atoms with Gasteiger partial charge in [0.1, 0.15) is 11.5 Å². The van der Waals surface area contributed by atoms with Gasteiger partial charge in [-0.25, -0.2) is 4.39 Å². The van der Waals surface area contributed by atoms with E-state index in [1.54, 1.807) is 6.07 Å². The molecule has 1 saturated carbocycles. The summed E-state index contributed by atoms with van der Waals surface area (Å²) >= 11 is 0. The van der Waals surface area contributed by atoms with Gasteiger partial charge in [0.25, 0.3) is 5.91 Å². The maximum atomic E-state index is 14.0. The highest BCUT2D eigenvalue weighted by molar-refractivity contribution is 5.98. The summed E-state index contributed by atoms with van der Waals surface area (Å²) in [5.41, 5.74) is 1.96. The van der Waals surface area contributed by atoms with Crippen LogP contribution < -0.4 is 10.6 Å². The first-order valence-corrected chi connectivity index (χ1v) is 9.64. The molecule has 5 nitrogen and oxygen atoms in total. The maximum Gasteiger partial charge on any atom is 0.267 e. The van der Waals surface area contributed by atoms with Crippen LogP contribution in [0.3, 0.4) is 0 Å². The van der Waals surface area contributed by atoms with E-state index in [9.17, 15) is 9.18 Å².